The lowest BCUT2D eigenvalue weighted by molar-refractivity contribution is 0.104. The van der Waals surface area contributed by atoms with Crippen LogP contribution >= 0.6 is 0 Å². The second-order valence-corrected chi connectivity index (χ2v) is 5.20. The number of aromatic nitrogens is 2. The molecule has 1 aromatic carbocycles. The van der Waals surface area contributed by atoms with Gasteiger partial charge in [0.25, 0.3) is 0 Å². The minimum absolute atomic E-state index is 0.0388. The molecular weight excluding hydrogens is 264 g/mol. The molecule has 0 fully saturated rings. The lowest BCUT2D eigenvalue weighted by atomic mass is 10.1. The van der Waals surface area contributed by atoms with Crippen molar-refractivity contribution in [3.8, 4) is 5.75 Å². The van der Waals surface area contributed by atoms with Gasteiger partial charge < -0.3 is 4.74 Å². The van der Waals surface area contributed by atoms with Gasteiger partial charge in [0.05, 0.1) is 17.9 Å². The van der Waals surface area contributed by atoms with Gasteiger partial charge in [0.2, 0.25) is 0 Å². The van der Waals surface area contributed by atoms with Gasteiger partial charge in [-0.3, -0.25) is 9.48 Å². The van der Waals surface area contributed by atoms with E-state index >= 15 is 0 Å². The number of aryl methyl sites for hydroxylation is 1. The largest absolute Gasteiger partial charge is 0.491 e. The summed E-state index contributed by atoms with van der Waals surface area (Å²) in [5, 5.41) is 4.08. The minimum Gasteiger partial charge on any atom is -0.491 e. The average molecular weight is 284 g/mol. The fourth-order valence-corrected chi connectivity index (χ4v) is 1.93. The summed E-state index contributed by atoms with van der Waals surface area (Å²) in [5.41, 5.74) is 2.46. The number of hydrogen-bond donors (Lipinski definition) is 0. The van der Waals surface area contributed by atoms with Crippen LogP contribution in [0, 0.1) is 6.92 Å². The van der Waals surface area contributed by atoms with E-state index in [0.29, 0.717) is 5.56 Å². The molecule has 0 saturated heterocycles. The first-order chi connectivity index (χ1) is 9.97. The zero-order chi connectivity index (χ0) is 15.4. The van der Waals surface area contributed by atoms with E-state index in [9.17, 15) is 4.79 Å². The zero-order valence-electron chi connectivity index (χ0n) is 12.8. The molecule has 0 bridgehead atoms. The van der Waals surface area contributed by atoms with Gasteiger partial charge in [0.1, 0.15) is 5.75 Å². The Kier molecular flexibility index (Phi) is 4.58. The highest BCUT2D eigenvalue weighted by atomic mass is 16.5. The standard InChI is InChI=1S/C17H20N2O2/c1-12(2)21-15-8-5-14(6-9-15)7-10-17(20)16-11-18-19(4)13(16)3/h5-12H,1-4H3/b10-7+. The molecule has 4 nitrogen and oxygen atoms in total. The number of hydrogen-bond acceptors (Lipinski definition) is 3. The molecule has 0 aliphatic heterocycles. The average Bonchev–Trinajstić information content (AvgIpc) is 2.77. The fourth-order valence-electron chi connectivity index (χ4n) is 1.93. The van der Waals surface area contributed by atoms with E-state index in [1.165, 1.54) is 0 Å². The molecule has 0 spiro atoms. The van der Waals surface area contributed by atoms with Gasteiger partial charge in [-0.25, -0.2) is 0 Å². The predicted molar refractivity (Wildman–Crippen MR) is 83.5 cm³/mol. The van der Waals surface area contributed by atoms with Gasteiger partial charge in [0, 0.05) is 12.7 Å². The number of ketones is 1. The summed E-state index contributed by atoms with van der Waals surface area (Å²) in [4.78, 5) is 12.1. The maximum absolute atomic E-state index is 12.1. The van der Waals surface area contributed by atoms with E-state index < -0.39 is 0 Å². The fraction of sp³-hybridized carbons (Fsp3) is 0.294. The minimum atomic E-state index is -0.0388. The third-order valence-electron chi connectivity index (χ3n) is 3.18. The Morgan fingerprint density at radius 1 is 1.29 bits per heavy atom. The van der Waals surface area contributed by atoms with E-state index in [2.05, 4.69) is 5.10 Å². The van der Waals surface area contributed by atoms with Gasteiger partial charge >= 0.3 is 0 Å². The van der Waals surface area contributed by atoms with Crippen LogP contribution in [0.1, 0.15) is 35.5 Å². The lowest BCUT2D eigenvalue weighted by Crippen LogP contribution is -2.05. The summed E-state index contributed by atoms with van der Waals surface area (Å²) in [5.74, 6) is 0.791. The van der Waals surface area contributed by atoms with Crippen LogP contribution in [0.4, 0.5) is 0 Å². The van der Waals surface area contributed by atoms with E-state index in [-0.39, 0.29) is 11.9 Å². The van der Waals surface area contributed by atoms with Crippen LogP contribution in [0.15, 0.2) is 36.5 Å². The van der Waals surface area contributed by atoms with Gasteiger partial charge in [-0.05, 0) is 44.5 Å². The molecule has 0 saturated carbocycles. The van der Waals surface area contributed by atoms with Crippen molar-refractivity contribution in [1.82, 2.24) is 9.78 Å². The molecular formula is C17H20N2O2. The Labute approximate surface area is 125 Å². The van der Waals surface area contributed by atoms with Crippen LogP contribution in [-0.2, 0) is 7.05 Å². The highest BCUT2D eigenvalue weighted by Gasteiger charge is 2.09. The molecule has 4 heteroatoms. The summed E-state index contributed by atoms with van der Waals surface area (Å²) in [6.45, 7) is 5.86. The van der Waals surface area contributed by atoms with Crippen molar-refractivity contribution >= 4 is 11.9 Å². The van der Waals surface area contributed by atoms with Gasteiger partial charge in [0.15, 0.2) is 5.78 Å². The third-order valence-corrected chi connectivity index (χ3v) is 3.18. The highest BCUT2D eigenvalue weighted by Crippen LogP contribution is 2.15. The van der Waals surface area contributed by atoms with Gasteiger partial charge in [-0.1, -0.05) is 18.2 Å². The van der Waals surface area contributed by atoms with Gasteiger partial charge in [-0.2, -0.15) is 5.10 Å². The quantitative estimate of drug-likeness (QED) is 0.624. The first kappa shape index (κ1) is 15.0. The number of rotatable bonds is 5. The Bertz CT molecular complexity index is 652. The van der Waals surface area contributed by atoms with Gasteiger partial charge in [-0.15, -0.1) is 0 Å². The molecule has 21 heavy (non-hydrogen) atoms. The number of nitrogens with zero attached hydrogens (tertiary/aromatic N) is 2. The topological polar surface area (TPSA) is 44.1 Å². The third kappa shape index (κ3) is 3.81. The summed E-state index contributed by atoms with van der Waals surface area (Å²) < 4.78 is 7.27. The normalized spacial score (nSPS) is 11.3. The number of ether oxygens (including phenoxy) is 1. The molecule has 0 N–H and O–H groups in total. The smallest absolute Gasteiger partial charge is 0.189 e. The molecule has 0 aliphatic carbocycles. The van der Waals surface area contributed by atoms with Crippen LogP contribution < -0.4 is 4.74 Å². The molecule has 0 amide bonds. The number of allylic oxidation sites excluding steroid dienone is 1. The highest BCUT2D eigenvalue weighted by molar-refractivity contribution is 6.07. The Hall–Kier alpha value is -2.36. The number of carbonyl (C=O) groups is 1. The molecule has 0 atom stereocenters. The molecule has 1 aromatic heterocycles. The van der Waals surface area contributed by atoms with Crippen LogP contribution in [0.5, 0.6) is 5.75 Å². The summed E-state index contributed by atoms with van der Waals surface area (Å²) in [7, 11) is 1.82. The van der Waals surface area contributed by atoms with Crippen molar-refractivity contribution in [2.45, 2.75) is 26.9 Å². The number of carbonyl (C=O) groups excluding carboxylic acids is 1. The summed E-state index contributed by atoms with van der Waals surface area (Å²) >= 11 is 0. The van der Waals surface area contributed by atoms with Crippen molar-refractivity contribution in [3.05, 3.63) is 53.4 Å². The zero-order valence-corrected chi connectivity index (χ0v) is 12.8. The van der Waals surface area contributed by atoms with E-state index in [0.717, 1.165) is 17.0 Å². The second-order valence-electron chi connectivity index (χ2n) is 5.20. The molecule has 1 heterocycles. The lowest BCUT2D eigenvalue weighted by Gasteiger charge is -2.09. The summed E-state index contributed by atoms with van der Waals surface area (Å²) in [6.07, 6.45) is 5.12. The molecule has 0 unspecified atom stereocenters. The van der Waals surface area contributed by atoms with Crippen LogP contribution in [0.25, 0.3) is 6.08 Å². The second kappa shape index (κ2) is 6.39. The Morgan fingerprint density at radius 3 is 2.48 bits per heavy atom. The van der Waals surface area contributed by atoms with Crippen molar-refractivity contribution in [2.24, 2.45) is 7.05 Å². The monoisotopic (exact) mass is 284 g/mol. The number of benzene rings is 1. The summed E-state index contributed by atoms with van der Waals surface area (Å²) in [6, 6.07) is 7.66. The predicted octanol–water partition coefficient (Wildman–Crippen LogP) is 3.41. The van der Waals surface area contributed by atoms with E-state index in [4.69, 9.17) is 4.74 Å². The van der Waals surface area contributed by atoms with Crippen LogP contribution in [0.3, 0.4) is 0 Å². The van der Waals surface area contributed by atoms with Crippen molar-refractivity contribution < 1.29 is 9.53 Å². The van der Waals surface area contributed by atoms with Crippen molar-refractivity contribution in [2.75, 3.05) is 0 Å². The molecule has 0 aliphatic rings. The van der Waals surface area contributed by atoms with Crippen LogP contribution in [-0.4, -0.2) is 21.7 Å². The van der Waals surface area contributed by atoms with Crippen molar-refractivity contribution in [1.29, 1.82) is 0 Å². The Balaban J connectivity index is 2.07. The first-order valence-electron chi connectivity index (χ1n) is 6.95. The maximum Gasteiger partial charge on any atom is 0.189 e. The molecule has 2 aromatic rings. The Morgan fingerprint density at radius 2 is 1.95 bits per heavy atom. The molecule has 0 radical (unpaired) electrons. The molecule has 2 rings (SSSR count). The van der Waals surface area contributed by atoms with E-state index in [1.807, 2.05) is 52.1 Å². The van der Waals surface area contributed by atoms with E-state index in [1.54, 1.807) is 23.0 Å². The molecule has 110 valence electrons. The van der Waals surface area contributed by atoms with Crippen molar-refractivity contribution in [3.63, 3.8) is 0 Å². The maximum atomic E-state index is 12.1. The SMILES string of the molecule is Cc1c(C(=O)/C=C/c2ccc(OC(C)C)cc2)cnn1C. The first-order valence-corrected chi connectivity index (χ1v) is 6.95. The van der Waals surface area contributed by atoms with Crippen LogP contribution in [0.2, 0.25) is 0 Å².